The first-order valence-electron chi connectivity index (χ1n) is 6.70. The van der Waals surface area contributed by atoms with E-state index in [0.29, 0.717) is 0 Å². The molecule has 0 saturated carbocycles. The Morgan fingerprint density at radius 1 is 1.17 bits per heavy atom. The van der Waals surface area contributed by atoms with Gasteiger partial charge in [0.15, 0.2) is 0 Å². The molecule has 1 aliphatic heterocycles. The third kappa shape index (κ3) is 2.61. The van der Waals surface area contributed by atoms with Crippen molar-refractivity contribution in [1.82, 2.24) is 0 Å². The number of likely N-dealkylation sites (N-methyl/N-ethyl adjacent to an activating group) is 1. The Kier molecular flexibility index (Phi) is 3.53. The monoisotopic (exact) mass is 247 g/mol. The van der Waals surface area contributed by atoms with E-state index < -0.39 is 0 Å². The molecular formula is C15H25N3. The van der Waals surface area contributed by atoms with Crippen molar-refractivity contribution >= 4 is 11.4 Å². The maximum absolute atomic E-state index is 6.32. The van der Waals surface area contributed by atoms with Crippen LogP contribution in [0.5, 0.6) is 0 Å². The Hall–Kier alpha value is -1.22. The standard InChI is InChI=1S/C15H25N3/c1-15(2,3)14(16)11-18-10-9-17(4)12-7-5-6-8-13(12)18/h5-8,14H,9-11,16H2,1-4H3. The van der Waals surface area contributed by atoms with Crippen LogP contribution in [0.25, 0.3) is 0 Å². The largest absolute Gasteiger partial charge is 0.371 e. The first kappa shape index (κ1) is 13.2. The topological polar surface area (TPSA) is 32.5 Å². The van der Waals surface area contributed by atoms with E-state index >= 15 is 0 Å². The highest BCUT2D eigenvalue weighted by Gasteiger charge is 2.26. The van der Waals surface area contributed by atoms with Gasteiger partial charge in [-0.05, 0) is 17.5 Å². The molecule has 1 aromatic rings. The molecule has 0 spiro atoms. The van der Waals surface area contributed by atoms with Crippen LogP contribution in [0.2, 0.25) is 0 Å². The number of para-hydroxylation sites is 2. The molecule has 0 amide bonds. The fraction of sp³-hybridized carbons (Fsp3) is 0.600. The second-order valence-corrected chi connectivity index (χ2v) is 6.33. The number of rotatable bonds is 2. The third-order valence-electron chi connectivity index (χ3n) is 3.87. The van der Waals surface area contributed by atoms with Crippen LogP contribution in [0, 0.1) is 5.41 Å². The van der Waals surface area contributed by atoms with Crippen molar-refractivity contribution in [1.29, 1.82) is 0 Å². The fourth-order valence-corrected chi connectivity index (χ4v) is 2.27. The second-order valence-electron chi connectivity index (χ2n) is 6.33. The molecule has 1 atom stereocenters. The van der Waals surface area contributed by atoms with Gasteiger partial charge in [0.1, 0.15) is 0 Å². The zero-order valence-electron chi connectivity index (χ0n) is 12.0. The number of anilines is 2. The average Bonchev–Trinajstić information content (AvgIpc) is 2.32. The predicted octanol–water partition coefficient (Wildman–Crippen LogP) is 2.32. The second kappa shape index (κ2) is 4.81. The summed E-state index contributed by atoms with van der Waals surface area (Å²) in [5.74, 6) is 0. The Labute approximate surface area is 111 Å². The number of nitrogens with two attached hydrogens (primary N) is 1. The molecular weight excluding hydrogens is 222 g/mol. The predicted molar refractivity (Wildman–Crippen MR) is 79.4 cm³/mol. The zero-order chi connectivity index (χ0) is 13.3. The molecule has 0 radical (unpaired) electrons. The summed E-state index contributed by atoms with van der Waals surface area (Å²) in [4.78, 5) is 4.74. The highest BCUT2D eigenvalue weighted by atomic mass is 15.3. The average molecular weight is 247 g/mol. The van der Waals surface area contributed by atoms with E-state index in [9.17, 15) is 0 Å². The van der Waals surface area contributed by atoms with Crippen molar-refractivity contribution in [2.45, 2.75) is 26.8 Å². The molecule has 0 bridgehead atoms. The van der Waals surface area contributed by atoms with E-state index in [1.165, 1.54) is 11.4 Å². The molecule has 1 unspecified atom stereocenters. The Morgan fingerprint density at radius 2 is 1.78 bits per heavy atom. The Morgan fingerprint density at radius 3 is 2.39 bits per heavy atom. The smallest absolute Gasteiger partial charge is 0.0605 e. The van der Waals surface area contributed by atoms with Crippen LogP contribution < -0.4 is 15.5 Å². The number of hydrogen-bond acceptors (Lipinski definition) is 3. The number of fused-ring (bicyclic) bond motifs is 1. The molecule has 0 saturated heterocycles. The summed E-state index contributed by atoms with van der Waals surface area (Å²) in [5, 5.41) is 0. The summed E-state index contributed by atoms with van der Waals surface area (Å²) in [5.41, 5.74) is 9.09. The van der Waals surface area contributed by atoms with Gasteiger partial charge >= 0.3 is 0 Å². The van der Waals surface area contributed by atoms with Gasteiger partial charge in [-0.2, -0.15) is 0 Å². The fourth-order valence-electron chi connectivity index (χ4n) is 2.27. The Balaban J connectivity index is 2.19. The first-order chi connectivity index (χ1) is 8.39. The van der Waals surface area contributed by atoms with Crippen molar-refractivity contribution < 1.29 is 0 Å². The quantitative estimate of drug-likeness (QED) is 0.870. The highest BCUT2D eigenvalue weighted by Crippen LogP contribution is 2.32. The van der Waals surface area contributed by atoms with Crippen molar-refractivity contribution in [3.63, 3.8) is 0 Å². The third-order valence-corrected chi connectivity index (χ3v) is 3.87. The molecule has 18 heavy (non-hydrogen) atoms. The van der Waals surface area contributed by atoms with Gasteiger partial charge in [-0.1, -0.05) is 32.9 Å². The number of hydrogen-bond donors (Lipinski definition) is 1. The lowest BCUT2D eigenvalue weighted by Crippen LogP contribution is -2.49. The van der Waals surface area contributed by atoms with Crippen LogP contribution in [0.3, 0.4) is 0 Å². The van der Waals surface area contributed by atoms with Crippen LogP contribution in [-0.2, 0) is 0 Å². The summed E-state index contributed by atoms with van der Waals surface area (Å²) in [7, 11) is 2.15. The van der Waals surface area contributed by atoms with E-state index in [4.69, 9.17) is 5.73 Å². The van der Waals surface area contributed by atoms with E-state index in [2.05, 4.69) is 61.9 Å². The van der Waals surface area contributed by atoms with Gasteiger partial charge < -0.3 is 15.5 Å². The van der Waals surface area contributed by atoms with Crippen LogP contribution in [0.4, 0.5) is 11.4 Å². The minimum absolute atomic E-state index is 0.151. The zero-order valence-corrected chi connectivity index (χ0v) is 12.0. The van der Waals surface area contributed by atoms with Gasteiger partial charge in [0.2, 0.25) is 0 Å². The van der Waals surface area contributed by atoms with E-state index in [0.717, 1.165) is 19.6 Å². The van der Waals surface area contributed by atoms with E-state index in [1.807, 2.05) is 0 Å². The molecule has 3 nitrogen and oxygen atoms in total. The minimum atomic E-state index is 0.151. The summed E-state index contributed by atoms with van der Waals surface area (Å²) >= 11 is 0. The maximum Gasteiger partial charge on any atom is 0.0605 e. The van der Waals surface area contributed by atoms with Gasteiger partial charge in [0.25, 0.3) is 0 Å². The number of benzene rings is 1. The van der Waals surface area contributed by atoms with Crippen molar-refractivity contribution in [2.75, 3.05) is 36.5 Å². The van der Waals surface area contributed by atoms with Crippen LogP contribution in [-0.4, -0.2) is 32.7 Å². The Bertz CT molecular complexity index is 408. The molecule has 3 heteroatoms. The van der Waals surface area contributed by atoms with Gasteiger partial charge in [0.05, 0.1) is 11.4 Å². The van der Waals surface area contributed by atoms with Crippen LogP contribution in [0.15, 0.2) is 24.3 Å². The first-order valence-corrected chi connectivity index (χ1v) is 6.70. The highest BCUT2D eigenvalue weighted by molar-refractivity contribution is 5.73. The van der Waals surface area contributed by atoms with Crippen LogP contribution in [0.1, 0.15) is 20.8 Å². The van der Waals surface area contributed by atoms with Gasteiger partial charge in [-0.25, -0.2) is 0 Å². The molecule has 0 aromatic heterocycles. The minimum Gasteiger partial charge on any atom is -0.371 e. The molecule has 0 fully saturated rings. The molecule has 1 aliphatic rings. The maximum atomic E-state index is 6.32. The number of nitrogens with zero attached hydrogens (tertiary/aromatic N) is 2. The van der Waals surface area contributed by atoms with Crippen molar-refractivity contribution in [3.8, 4) is 0 Å². The molecule has 0 aliphatic carbocycles. The lowest BCUT2D eigenvalue weighted by molar-refractivity contribution is 0.320. The van der Waals surface area contributed by atoms with Gasteiger partial charge in [0, 0.05) is 32.7 Å². The molecule has 1 heterocycles. The lowest BCUT2D eigenvalue weighted by Gasteiger charge is -2.40. The molecule has 1 aromatic carbocycles. The molecule has 100 valence electrons. The summed E-state index contributed by atoms with van der Waals surface area (Å²) in [6, 6.07) is 8.77. The van der Waals surface area contributed by atoms with E-state index in [-0.39, 0.29) is 11.5 Å². The van der Waals surface area contributed by atoms with Gasteiger partial charge in [-0.3, -0.25) is 0 Å². The summed E-state index contributed by atoms with van der Waals surface area (Å²) in [6.07, 6.45) is 0. The summed E-state index contributed by atoms with van der Waals surface area (Å²) in [6.45, 7) is 9.67. The van der Waals surface area contributed by atoms with Crippen molar-refractivity contribution in [2.24, 2.45) is 11.1 Å². The van der Waals surface area contributed by atoms with Crippen molar-refractivity contribution in [3.05, 3.63) is 24.3 Å². The lowest BCUT2D eigenvalue weighted by atomic mass is 9.87. The normalized spacial score (nSPS) is 17.6. The molecule has 2 rings (SSSR count). The van der Waals surface area contributed by atoms with E-state index in [1.54, 1.807) is 0 Å². The SMILES string of the molecule is CN1CCN(CC(N)C(C)(C)C)c2ccccc21. The molecule has 2 N–H and O–H groups in total. The van der Waals surface area contributed by atoms with Crippen LogP contribution >= 0.6 is 0 Å². The van der Waals surface area contributed by atoms with Gasteiger partial charge in [-0.15, -0.1) is 0 Å². The summed E-state index contributed by atoms with van der Waals surface area (Å²) < 4.78 is 0.